The monoisotopic (exact) mass is 392 g/mol. The van der Waals surface area contributed by atoms with Crippen LogP contribution < -0.4 is 10.0 Å². The first-order valence-corrected chi connectivity index (χ1v) is 9.05. The summed E-state index contributed by atoms with van der Waals surface area (Å²) in [6, 6.07) is 12.1. The molecule has 2 N–H and O–H groups in total. The lowest BCUT2D eigenvalue weighted by molar-refractivity contribution is -0.110. The fourth-order valence-corrected chi connectivity index (χ4v) is 3.50. The second-order valence-corrected chi connectivity index (χ2v) is 7.69. The van der Waals surface area contributed by atoms with Gasteiger partial charge in [0.05, 0.1) is 4.90 Å². The van der Waals surface area contributed by atoms with Crippen LogP contribution in [0.5, 0.6) is 0 Å². The maximum atomic E-state index is 12.2. The Bertz CT molecular complexity index is 936. The van der Waals surface area contributed by atoms with Gasteiger partial charge in [-0.1, -0.05) is 34.1 Å². The van der Waals surface area contributed by atoms with E-state index in [0.717, 1.165) is 10.0 Å². The summed E-state index contributed by atoms with van der Waals surface area (Å²) in [6.07, 6.45) is 1.74. The van der Waals surface area contributed by atoms with Crippen molar-refractivity contribution in [1.82, 2.24) is 4.72 Å². The quantitative estimate of drug-likeness (QED) is 0.788. The number of nitrogens with one attached hydrogen (secondary N) is 2. The van der Waals surface area contributed by atoms with E-state index >= 15 is 0 Å². The molecule has 0 aromatic heterocycles. The largest absolute Gasteiger partial charge is 0.321 e. The SMILES string of the molecule is CNS(=O)(=O)c1ccc2c(c1)C(=Cc1ccccc1Br)C(=O)N2. The minimum absolute atomic E-state index is 0.119. The van der Waals surface area contributed by atoms with Crippen molar-refractivity contribution in [2.75, 3.05) is 12.4 Å². The molecule has 5 nitrogen and oxygen atoms in total. The van der Waals surface area contributed by atoms with E-state index in [4.69, 9.17) is 0 Å². The van der Waals surface area contributed by atoms with Crippen LogP contribution in [0.15, 0.2) is 51.8 Å². The molecular weight excluding hydrogens is 380 g/mol. The number of amides is 1. The number of rotatable bonds is 3. The average molecular weight is 393 g/mol. The molecule has 0 fully saturated rings. The van der Waals surface area contributed by atoms with E-state index in [0.29, 0.717) is 16.8 Å². The molecule has 7 heteroatoms. The number of hydrogen-bond acceptors (Lipinski definition) is 3. The summed E-state index contributed by atoms with van der Waals surface area (Å²) in [5, 5.41) is 2.75. The van der Waals surface area contributed by atoms with Gasteiger partial charge < -0.3 is 5.32 Å². The first-order chi connectivity index (χ1) is 10.9. The molecule has 0 spiro atoms. The molecule has 2 aromatic rings. The average Bonchev–Trinajstić information content (AvgIpc) is 2.84. The predicted molar refractivity (Wildman–Crippen MR) is 93.3 cm³/mol. The van der Waals surface area contributed by atoms with Crippen molar-refractivity contribution in [3.8, 4) is 0 Å². The van der Waals surface area contributed by atoms with Crippen LogP contribution in [0.1, 0.15) is 11.1 Å². The van der Waals surface area contributed by atoms with Gasteiger partial charge in [-0.3, -0.25) is 4.79 Å². The van der Waals surface area contributed by atoms with E-state index in [-0.39, 0.29) is 10.8 Å². The van der Waals surface area contributed by atoms with Gasteiger partial charge in [0, 0.05) is 21.3 Å². The van der Waals surface area contributed by atoms with Crippen molar-refractivity contribution in [3.05, 3.63) is 58.1 Å². The van der Waals surface area contributed by atoms with Crippen LogP contribution >= 0.6 is 15.9 Å². The van der Waals surface area contributed by atoms with E-state index in [1.807, 2.05) is 24.3 Å². The number of halogens is 1. The highest BCUT2D eigenvalue weighted by Gasteiger charge is 2.26. The Hall–Kier alpha value is -1.96. The standard InChI is InChI=1S/C16H13BrN2O3S/c1-18-23(21,22)11-6-7-15-12(9-11)13(16(20)19-15)8-10-4-2-3-5-14(10)17/h2-9,18H,1H3,(H,19,20). The first-order valence-electron chi connectivity index (χ1n) is 6.78. The first kappa shape index (κ1) is 15.9. The highest BCUT2D eigenvalue weighted by Crippen LogP contribution is 2.35. The topological polar surface area (TPSA) is 75.3 Å². The molecule has 1 amide bonds. The zero-order valence-electron chi connectivity index (χ0n) is 12.1. The highest BCUT2D eigenvalue weighted by atomic mass is 79.9. The van der Waals surface area contributed by atoms with Gasteiger partial charge in [0.2, 0.25) is 10.0 Å². The van der Waals surface area contributed by atoms with Crippen molar-refractivity contribution >= 4 is 49.2 Å². The number of hydrogen-bond donors (Lipinski definition) is 2. The van der Waals surface area contributed by atoms with E-state index in [1.54, 1.807) is 12.1 Å². The summed E-state index contributed by atoms with van der Waals surface area (Å²) in [5.41, 5.74) is 2.44. The van der Waals surface area contributed by atoms with Crippen LogP contribution in [0, 0.1) is 0 Å². The summed E-state index contributed by atoms with van der Waals surface area (Å²) >= 11 is 3.44. The number of sulfonamides is 1. The zero-order valence-corrected chi connectivity index (χ0v) is 14.5. The minimum Gasteiger partial charge on any atom is -0.321 e. The molecule has 118 valence electrons. The second-order valence-electron chi connectivity index (χ2n) is 4.95. The van der Waals surface area contributed by atoms with E-state index in [9.17, 15) is 13.2 Å². The molecular formula is C16H13BrN2O3S. The maximum Gasteiger partial charge on any atom is 0.256 e. The van der Waals surface area contributed by atoms with Crippen LogP contribution in [0.2, 0.25) is 0 Å². The molecule has 2 aromatic carbocycles. The Morgan fingerprint density at radius 3 is 2.61 bits per heavy atom. The number of anilines is 1. The van der Waals surface area contributed by atoms with Gasteiger partial charge in [-0.2, -0.15) is 0 Å². The van der Waals surface area contributed by atoms with Gasteiger partial charge in [0.15, 0.2) is 0 Å². The molecule has 0 aliphatic carbocycles. The Morgan fingerprint density at radius 2 is 1.91 bits per heavy atom. The van der Waals surface area contributed by atoms with E-state index < -0.39 is 10.0 Å². The lowest BCUT2D eigenvalue weighted by atomic mass is 10.0. The molecule has 23 heavy (non-hydrogen) atoms. The molecule has 1 aliphatic rings. The molecule has 0 atom stereocenters. The van der Waals surface area contributed by atoms with Crippen LogP contribution in [-0.4, -0.2) is 21.4 Å². The molecule has 0 bridgehead atoms. The molecule has 1 heterocycles. The number of carbonyl (C=O) groups excluding carboxylic acids is 1. The van der Waals surface area contributed by atoms with Crippen LogP contribution in [0.4, 0.5) is 5.69 Å². The smallest absolute Gasteiger partial charge is 0.256 e. The fraction of sp³-hybridized carbons (Fsp3) is 0.0625. The summed E-state index contributed by atoms with van der Waals surface area (Å²) < 4.78 is 27.0. The third-order valence-corrected chi connectivity index (χ3v) is 5.69. The molecule has 1 aliphatic heterocycles. The van der Waals surface area contributed by atoms with Crippen molar-refractivity contribution in [2.45, 2.75) is 4.90 Å². The van der Waals surface area contributed by atoms with Crippen LogP contribution in [0.3, 0.4) is 0 Å². The van der Waals surface area contributed by atoms with Gasteiger partial charge >= 0.3 is 0 Å². The number of carbonyl (C=O) groups is 1. The summed E-state index contributed by atoms with van der Waals surface area (Å²) in [4.78, 5) is 12.3. The lowest BCUT2D eigenvalue weighted by Crippen LogP contribution is -2.18. The van der Waals surface area contributed by atoms with Crippen LogP contribution in [0.25, 0.3) is 11.6 Å². The number of benzene rings is 2. The van der Waals surface area contributed by atoms with E-state index in [2.05, 4.69) is 26.0 Å². The van der Waals surface area contributed by atoms with E-state index in [1.165, 1.54) is 19.2 Å². The van der Waals surface area contributed by atoms with Gasteiger partial charge in [0.1, 0.15) is 0 Å². The van der Waals surface area contributed by atoms with Crippen molar-refractivity contribution < 1.29 is 13.2 Å². The van der Waals surface area contributed by atoms with Crippen molar-refractivity contribution in [1.29, 1.82) is 0 Å². The third kappa shape index (κ3) is 2.95. The molecule has 0 saturated heterocycles. The highest BCUT2D eigenvalue weighted by molar-refractivity contribution is 9.10. The normalized spacial score (nSPS) is 15.6. The lowest BCUT2D eigenvalue weighted by Gasteiger charge is -2.05. The molecule has 3 rings (SSSR count). The molecule has 0 radical (unpaired) electrons. The number of fused-ring (bicyclic) bond motifs is 1. The van der Waals surface area contributed by atoms with Gasteiger partial charge in [-0.25, -0.2) is 13.1 Å². The van der Waals surface area contributed by atoms with Crippen molar-refractivity contribution in [3.63, 3.8) is 0 Å². The molecule has 0 unspecified atom stereocenters. The van der Waals surface area contributed by atoms with Gasteiger partial charge in [0.25, 0.3) is 5.91 Å². The summed E-state index contributed by atoms with van der Waals surface area (Å²) in [6.45, 7) is 0. The van der Waals surface area contributed by atoms with Crippen LogP contribution in [-0.2, 0) is 14.8 Å². The Kier molecular flexibility index (Phi) is 4.09. The minimum atomic E-state index is -3.57. The van der Waals surface area contributed by atoms with Gasteiger partial charge in [-0.15, -0.1) is 0 Å². The Labute approximate surface area is 142 Å². The summed E-state index contributed by atoms with van der Waals surface area (Å²) in [7, 11) is -2.22. The third-order valence-electron chi connectivity index (χ3n) is 3.56. The maximum absolute atomic E-state index is 12.2. The predicted octanol–water partition coefficient (Wildman–Crippen LogP) is 2.85. The summed E-state index contributed by atoms with van der Waals surface area (Å²) in [5.74, 6) is -0.255. The zero-order chi connectivity index (χ0) is 16.6. The Morgan fingerprint density at radius 1 is 1.17 bits per heavy atom. The van der Waals surface area contributed by atoms with Gasteiger partial charge in [-0.05, 0) is 43.0 Å². The fourth-order valence-electron chi connectivity index (χ4n) is 2.34. The van der Waals surface area contributed by atoms with Crippen molar-refractivity contribution in [2.24, 2.45) is 0 Å². The molecule has 0 saturated carbocycles. The second kappa shape index (κ2) is 5.92. The Balaban J connectivity index is 2.15.